The summed E-state index contributed by atoms with van der Waals surface area (Å²) in [5.74, 6) is 0.872. The number of non-ortho nitro benzene ring substituents is 1. The van der Waals surface area contributed by atoms with Crippen molar-refractivity contribution in [2.24, 2.45) is 0 Å². The van der Waals surface area contributed by atoms with Crippen molar-refractivity contribution >= 4 is 17.8 Å². The first-order valence-corrected chi connectivity index (χ1v) is 7.68. The molecule has 0 N–H and O–H groups in total. The van der Waals surface area contributed by atoms with Crippen LogP contribution in [0.25, 0.3) is 12.2 Å². The van der Waals surface area contributed by atoms with Gasteiger partial charge in [0.15, 0.2) is 0 Å². The third kappa shape index (κ3) is 5.57. The van der Waals surface area contributed by atoms with Gasteiger partial charge in [0.05, 0.1) is 11.5 Å². The van der Waals surface area contributed by atoms with E-state index in [-0.39, 0.29) is 5.69 Å². The van der Waals surface area contributed by atoms with E-state index in [2.05, 4.69) is 0 Å². The Hall–Kier alpha value is -3.14. The van der Waals surface area contributed by atoms with E-state index in [4.69, 9.17) is 4.74 Å². The molecule has 24 heavy (non-hydrogen) atoms. The zero-order valence-electron chi connectivity index (χ0n) is 13.5. The van der Waals surface area contributed by atoms with Gasteiger partial charge >= 0.3 is 0 Å². The second-order valence-electron chi connectivity index (χ2n) is 4.95. The number of nitrogens with zero attached hydrogens (tertiary/aromatic N) is 1. The molecule has 4 nitrogen and oxygen atoms in total. The zero-order chi connectivity index (χ0) is 17.2. The van der Waals surface area contributed by atoms with Gasteiger partial charge in [0.1, 0.15) is 5.75 Å². The molecule has 4 heteroatoms. The Labute approximate surface area is 141 Å². The number of hydrogen-bond acceptors (Lipinski definition) is 3. The first kappa shape index (κ1) is 17.2. The fourth-order valence-electron chi connectivity index (χ4n) is 2.01. The number of allylic oxidation sites excluding steroid dienone is 4. The molecule has 0 radical (unpaired) electrons. The zero-order valence-corrected chi connectivity index (χ0v) is 13.5. The van der Waals surface area contributed by atoms with Gasteiger partial charge in [-0.25, -0.2) is 0 Å². The molecule has 0 unspecified atom stereocenters. The first-order chi connectivity index (χ1) is 11.7. The second-order valence-corrected chi connectivity index (χ2v) is 4.95. The maximum atomic E-state index is 10.6. The van der Waals surface area contributed by atoms with Gasteiger partial charge in [-0.1, -0.05) is 48.6 Å². The molecule has 0 atom stereocenters. The number of hydrogen-bond donors (Lipinski definition) is 0. The van der Waals surface area contributed by atoms with E-state index in [0.717, 1.165) is 16.9 Å². The van der Waals surface area contributed by atoms with Crippen LogP contribution in [0.2, 0.25) is 0 Å². The van der Waals surface area contributed by atoms with Crippen LogP contribution >= 0.6 is 0 Å². The lowest BCUT2D eigenvalue weighted by molar-refractivity contribution is -0.384. The summed E-state index contributed by atoms with van der Waals surface area (Å²) < 4.78 is 5.40. The van der Waals surface area contributed by atoms with E-state index >= 15 is 0 Å². The largest absolute Gasteiger partial charge is 0.494 e. The summed E-state index contributed by atoms with van der Waals surface area (Å²) in [6, 6.07) is 14.3. The molecule has 0 aliphatic heterocycles. The fraction of sp³-hybridized carbons (Fsp3) is 0.100. The van der Waals surface area contributed by atoms with Crippen molar-refractivity contribution in [3.05, 3.63) is 94.1 Å². The van der Waals surface area contributed by atoms with Crippen molar-refractivity contribution in [1.82, 2.24) is 0 Å². The summed E-state index contributed by atoms with van der Waals surface area (Å²) in [4.78, 5) is 10.2. The van der Waals surface area contributed by atoms with Crippen LogP contribution in [-0.4, -0.2) is 11.5 Å². The molecular weight excluding hydrogens is 302 g/mol. The van der Waals surface area contributed by atoms with Crippen LogP contribution in [0.4, 0.5) is 5.69 Å². The maximum absolute atomic E-state index is 10.6. The Bertz CT molecular complexity index is 741. The minimum atomic E-state index is -0.404. The van der Waals surface area contributed by atoms with Gasteiger partial charge in [-0.05, 0) is 42.3 Å². The molecule has 0 fully saturated rings. The highest BCUT2D eigenvalue weighted by Gasteiger charge is 2.01. The van der Waals surface area contributed by atoms with Gasteiger partial charge in [-0.2, -0.15) is 0 Å². The Kier molecular flexibility index (Phi) is 6.53. The minimum Gasteiger partial charge on any atom is -0.494 e. The summed E-state index contributed by atoms with van der Waals surface area (Å²) in [5.41, 5.74) is 2.11. The minimum absolute atomic E-state index is 0.0981. The Morgan fingerprint density at radius 2 is 1.38 bits per heavy atom. The number of benzene rings is 2. The highest BCUT2D eigenvalue weighted by Crippen LogP contribution is 2.14. The molecule has 0 saturated heterocycles. The third-order valence-electron chi connectivity index (χ3n) is 3.21. The summed E-state index contributed by atoms with van der Waals surface area (Å²) in [7, 11) is 0. The number of ether oxygens (including phenoxy) is 1. The van der Waals surface area contributed by atoms with Gasteiger partial charge < -0.3 is 4.74 Å². The molecule has 0 heterocycles. The molecule has 2 aromatic rings. The van der Waals surface area contributed by atoms with Gasteiger partial charge in [-0.15, -0.1) is 0 Å². The Balaban J connectivity index is 1.85. The van der Waals surface area contributed by atoms with Crippen LogP contribution in [-0.2, 0) is 0 Å². The van der Waals surface area contributed by atoms with E-state index in [1.807, 2.05) is 67.6 Å². The SMILES string of the molecule is CCOc1ccc(C=CC=CC=Cc2ccc([N+](=O)[O-])cc2)cc1. The van der Waals surface area contributed by atoms with Gasteiger partial charge in [0.25, 0.3) is 5.69 Å². The quantitative estimate of drug-likeness (QED) is 0.396. The van der Waals surface area contributed by atoms with E-state index in [1.165, 1.54) is 12.1 Å². The summed E-state index contributed by atoms with van der Waals surface area (Å²) in [5, 5.41) is 10.6. The lowest BCUT2D eigenvalue weighted by Crippen LogP contribution is -1.90. The van der Waals surface area contributed by atoms with Crippen LogP contribution in [0, 0.1) is 10.1 Å². The van der Waals surface area contributed by atoms with E-state index in [0.29, 0.717) is 6.61 Å². The van der Waals surface area contributed by atoms with Crippen molar-refractivity contribution in [3.63, 3.8) is 0 Å². The molecule has 0 bridgehead atoms. The summed E-state index contributed by atoms with van der Waals surface area (Å²) >= 11 is 0. The van der Waals surface area contributed by atoms with Crippen molar-refractivity contribution in [1.29, 1.82) is 0 Å². The lowest BCUT2D eigenvalue weighted by atomic mass is 10.2. The normalized spacial score (nSPS) is 11.5. The monoisotopic (exact) mass is 321 g/mol. The molecule has 0 aromatic heterocycles. The second kappa shape index (κ2) is 9.10. The molecule has 0 amide bonds. The smallest absolute Gasteiger partial charge is 0.269 e. The van der Waals surface area contributed by atoms with E-state index in [9.17, 15) is 10.1 Å². The third-order valence-corrected chi connectivity index (χ3v) is 3.21. The highest BCUT2D eigenvalue weighted by molar-refractivity contribution is 5.55. The van der Waals surface area contributed by atoms with Crippen LogP contribution in [0.15, 0.2) is 72.8 Å². The predicted octanol–water partition coefficient (Wildman–Crippen LogP) is 5.28. The number of nitro groups is 1. The van der Waals surface area contributed by atoms with E-state index < -0.39 is 4.92 Å². The molecule has 0 aliphatic carbocycles. The fourth-order valence-corrected chi connectivity index (χ4v) is 2.01. The molecule has 0 saturated carbocycles. The average molecular weight is 321 g/mol. The Morgan fingerprint density at radius 1 is 0.875 bits per heavy atom. The summed E-state index contributed by atoms with van der Waals surface area (Å²) in [6.07, 6.45) is 11.6. The van der Waals surface area contributed by atoms with Crippen LogP contribution in [0.1, 0.15) is 18.1 Å². The van der Waals surface area contributed by atoms with Crippen LogP contribution in [0.5, 0.6) is 5.75 Å². The lowest BCUT2D eigenvalue weighted by Gasteiger charge is -2.01. The van der Waals surface area contributed by atoms with Crippen LogP contribution in [0.3, 0.4) is 0 Å². The summed E-state index contributed by atoms with van der Waals surface area (Å²) in [6.45, 7) is 2.63. The molecule has 2 aromatic carbocycles. The van der Waals surface area contributed by atoms with E-state index in [1.54, 1.807) is 12.1 Å². The molecular formula is C20H19NO3. The van der Waals surface area contributed by atoms with Crippen molar-refractivity contribution in [3.8, 4) is 5.75 Å². The van der Waals surface area contributed by atoms with Crippen LogP contribution < -0.4 is 4.74 Å². The van der Waals surface area contributed by atoms with Gasteiger partial charge in [0, 0.05) is 12.1 Å². The predicted molar refractivity (Wildman–Crippen MR) is 97.9 cm³/mol. The molecule has 2 rings (SSSR count). The first-order valence-electron chi connectivity index (χ1n) is 7.68. The standard InChI is InChI=1S/C20H19NO3/c1-2-24-20-15-11-18(12-16-20)8-6-4-3-5-7-17-9-13-19(14-10-17)21(22)23/h3-16H,2H2,1H3. The topological polar surface area (TPSA) is 52.4 Å². The van der Waals surface area contributed by atoms with Gasteiger partial charge in [0.2, 0.25) is 0 Å². The molecule has 0 aliphatic rings. The molecule has 122 valence electrons. The van der Waals surface area contributed by atoms with Crippen molar-refractivity contribution in [2.75, 3.05) is 6.61 Å². The molecule has 0 spiro atoms. The maximum Gasteiger partial charge on any atom is 0.269 e. The van der Waals surface area contributed by atoms with Crippen molar-refractivity contribution in [2.45, 2.75) is 6.92 Å². The number of rotatable bonds is 7. The Morgan fingerprint density at radius 3 is 1.83 bits per heavy atom. The average Bonchev–Trinajstić information content (AvgIpc) is 2.60. The number of nitro benzene ring substituents is 1. The van der Waals surface area contributed by atoms with Gasteiger partial charge in [-0.3, -0.25) is 10.1 Å². The van der Waals surface area contributed by atoms with Crippen molar-refractivity contribution < 1.29 is 9.66 Å². The highest BCUT2D eigenvalue weighted by atomic mass is 16.6.